The van der Waals surface area contributed by atoms with Crippen molar-refractivity contribution in [3.05, 3.63) is 51.6 Å². The standard InChI is InChI=1S/C17H19N3OS/c1-10-16(22-12(3)18-10)17(21)20(4)11(2)15-9-13-7-5-6-8-14(13)19-15/h5-9,11,19H,1-4H3/t11-/m0/s1. The lowest BCUT2D eigenvalue weighted by Crippen LogP contribution is -2.29. The van der Waals surface area contributed by atoms with Gasteiger partial charge >= 0.3 is 0 Å². The first-order valence-electron chi connectivity index (χ1n) is 7.26. The number of H-pyrrole nitrogens is 1. The van der Waals surface area contributed by atoms with Gasteiger partial charge < -0.3 is 9.88 Å². The fourth-order valence-electron chi connectivity index (χ4n) is 2.60. The smallest absolute Gasteiger partial charge is 0.266 e. The van der Waals surface area contributed by atoms with Crippen LogP contribution in [0.4, 0.5) is 0 Å². The van der Waals surface area contributed by atoms with Crippen LogP contribution in [0.1, 0.15) is 39.0 Å². The van der Waals surface area contributed by atoms with E-state index in [1.807, 2.05) is 46.0 Å². The predicted octanol–water partition coefficient (Wildman–Crippen LogP) is 4.07. The van der Waals surface area contributed by atoms with Gasteiger partial charge in [0.25, 0.3) is 5.91 Å². The second-order valence-corrected chi connectivity index (χ2v) is 6.75. The van der Waals surface area contributed by atoms with E-state index in [0.29, 0.717) is 0 Å². The molecule has 4 nitrogen and oxygen atoms in total. The summed E-state index contributed by atoms with van der Waals surface area (Å²) in [5, 5.41) is 2.09. The quantitative estimate of drug-likeness (QED) is 0.792. The highest BCUT2D eigenvalue weighted by Gasteiger charge is 2.23. The molecule has 114 valence electrons. The Hall–Kier alpha value is -2.14. The average Bonchev–Trinajstić information content (AvgIpc) is 3.07. The molecule has 22 heavy (non-hydrogen) atoms. The lowest BCUT2D eigenvalue weighted by molar-refractivity contribution is 0.0744. The molecule has 0 bridgehead atoms. The second-order valence-electron chi connectivity index (χ2n) is 5.55. The predicted molar refractivity (Wildman–Crippen MR) is 90.4 cm³/mol. The molecule has 2 heterocycles. The molecular weight excluding hydrogens is 294 g/mol. The van der Waals surface area contributed by atoms with Gasteiger partial charge in [-0.2, -0.15) is 0 Å². The van der Waals surface area contributed by atoms with E-state index in [0.717, 1.165) is 32.2 Å². The number of hydrogen-bond donors (Lipinski definition) is 1. The van der Waals surface area contributed by atoms with Crippen LogP contribution in [-0.4, -0.2) is 27.8 Å². The van der Waals surface area contributed by atoms with Crippen LogP contribution >= 0.6 is 11.3 Å². The van der Waals surface area contributed by atoms with Gasteiger partial charge in [-0.05, 0) is 38.3 Å². The molecule has 2 aromatic heterocycles. The number of carbonyl (C=O) groups excluding carboxylic acids is 1. The van der Waals surface area contributed by atoms with Crippen LogP contribution in [0.3, 0.4) is 0 Å². The third-order valence-corrected chi connectivity index (χ3v) is 5.06. The number of carbonyl (C=O) groups is 1. The Morgan fingerprint density at radius 2 is 2.05 bits per heavy atom. The molecule has 5 heteroatoms. The number of aromatic nitrogens is 2. The topological polar surface area (TPSA) is 49.0 Å². The monoisotopic (exact) mass is 313 g/mol. The molecule has 0 aliphatic heterocycles. The lowest BCUT2D eigenvalue weighted by Gasteiger charge is -2.23. The van der Waals surface area contributed by atoms with Gasteiger partial charge in [0.2, 0.25) is 0 Å². The Kier molecular flexibility index (Phi) is 3.74. The van der Waals surface area contributed by atoms with Gasteiger partial charge in [0, 0.05) is 18.3 Å². The van der Waals surface area contributed by atoms with Crippen molar-refractivity contribution in [2.24, 2.45) is 0 Å². The summed E-state index contributed by atoms with van der Waals surface area (Å²) in [6.07, 6.45) is 0. The molecule has 1 N–H and O–H groups in total. The van der Waals surface area contributed by atoms with E-state index in [9.17, 15) is 4.79 Å². The van der Waals surface area contributed by atoms with Gasteiger partial charge in [-0.1, -0.05) is 18.2 Å². The third kappa shape index (κ3) is 2.52. The molecule has 1 atom stereocenters. The zero-order chi connectivity index (χ0) is 15.9. The highest BCUT2D eigenvalue weighted by Crippen LogP contribution is 2.26. The van der Waals surface area contributed by atoms with Gasteiger partial charge in [-0.3, -0.25) is 4.79 Å². The van der Waals surface area contributed by atoms with Crippen LogP contribution in [0, 0.1) is 13.8 Å². The van der Waals surface area contributed by atoms with Gasteiger partial charge in [0.15, 0.2) is 0 Å². The Balaban J connectivity index is 1.89. The average molecular weight is 313 g/mol. The number of thiazole rings is 1. The van der Waals surface area contributed by atoms with Crippen molar-refractivity contribution in [2.75, 3.05) is 7.05 Å². The molecule has 0 unspecified atom stereocenters. The minimum atomic E-state index is -0.0262. The minimum absolute atomic E-state index is 0.0225. The first-order chi connectivity index (χ1) is 10.5. The van der Waals surface area contributed by atoms with Crippen LogP contribution in [0.15, 0.2) is 30.3 Å². The number of nitrogens with zero attached hydrogens (tertiary/aromatic N) is 2. The van der Waals surface area contributed by atoms with E-state index in [2.05, 4.69) is 22.1 Å². The lowest BCUT2D eigenvalue weighted by atomic mass is 10.2. The first-order valence-corrected chi connectivity index (χ1v) is 8.08. The van der Waals surface area contributed by atoms with Crippen molar-refractivity contribution in [1.82, 2.24) is 14.9 Å². The molecule has 3 rings (SSSR count). The Morgan fingerprint density at radius 1 is 1.32 bits per heavy atom. The van der Waals surface area contributed by atoms with Crippen molar-refractivity contribution >= 4 is 28.1 Å². The van der Waals surface area contributed by atoms with Gasteiger partial charge in [-0.25, -0.2) is 4.98 Å². The SMILES string of the molecule is Cc1nc(C)c(C(=O)N(C)[C@@H](C)c2cc3ccccc3[nH]2)s1. The summed E-state index contributed by atoms with van der Waals surface area (Å²) >= 11 is 1.46. The van der Waals surface area contributed by atoms with E-state index >= 15 is 0 Å². The summed E-state index contributed by atoms with van der Waals surface area (Å²) in [5.41, 5.74) is 2.94. The van der Waals surface area contributed by atoms with Gasteiger partial charge in [0.1, 0.15) is 4.88 Å². The maximum absolute atomic E-state index is 12.7. The number of rotatable bonds is 3. The number of benzene rings is 1. The van der Waals surface area contributed by atoms with E-state index < -0.39 is 0 Å². The Bertz CT molecular complexity index is 800. The summed E-state index contributed by atoms with van der Waals surface area (Å²) in [5.74, 6) is 0.0225. The van der Waals surface area contributed by atoms with Gasteiger partial charge in [0.05, 0.1) is 16.7 Å². The largest absolute Gasteiger partial charge is 0.357 e. The molecule has 3 aromatic rings. The van der Waals surface area contributed by atoms with Gasteiger partial charge in [-0.15, -0.1) is 11.3 Å². The maximum Gasteiger partial charge on any atom is 0.266 e. The van der Waals surface area contributed by atoms with E-state index in [1.54, 1.807) is 4.90 Å². The minimum Gasteiger partial charge on any atom is -0.357 e. The van der Waals surface area contributed by atoms with Crippen molar-refractivity contribution in [1.29, 1.82) is 0 Å². The van der Waals surface area contributed by atoms with Crippen LogP contribution < -0.4 is 0 Å². The third-order valence-electron chi connectivity index (χ3n) is 4.00. The second kappa shape index (κ2) is 5.57. The normalized spacial score (nSPS) is 12.5. The van der Waals surface area contributed by atoms with Crippen LogP contribution in [-0.2, 0) is 0 Å². The summed E-state index contributed by atoms with van der Waals surface area (Å²) in [7, 11) is 1.84. The summed E-state index contributed by atoms with van der Waals surface area (Å²) < 4.78 is 0. The molecule has 0 radical (unpaired) electrons. The van der Waals surface area contributed by atoms with Crippen molar-refractivity contribution < 1.29 is 4.79 Å². The molecule has 0 fully saturated rings. The highest BCUT2D eigenvalue weighted by molar-refractivity contribution is 7.13. The zero-order valence-corrected chi connectivity index (χ0v) is 14.0. The number of fused-ring (bicyclic) bond motifs is 1. The summed E-state index contributed by atoms with van der Waals surface area (Å²) in [6, 6.07) is 10.2. The van der Waals surface area contributed by atoms with E-state index in [1.165, 1.54) is 11.3 Å². The van der Waals surface area contributed by atoms with Crippen molar-refractivity contribution in [3.8, 4) is 0 Å². The van der Waals surface area contributed by atoms with Crippen LogP contribution in [0.2, 0.25) is 0 Å². The Morgan fingerprint density at radius 3 is 2.68 bits per heavy atom. The number of aromatic amines is 1. The Labute approximate surface area is 133 Å². The number of nitrogens with one attached hydrogen (secondary N) is 1. The van der Waals surface area contributed by atoms with Crippen LogP contribution in [0.25, 0.3) is 10.9 Å². The van der Waals surface area contributed by atoms with Crippen molar-refractivity contribution in [3.63, 3.8) is 0 Å². The molecule has 0 saturated carbocycles. The molecule has 0 aliphatic rings. The number of aryl methyl sites for hydroxylation is 2. The first kappa shape index (κ1) is 14.8. The maximum atomic E-state index is 12.7. The molecule has 0 aliphatic carbocycles. The summed E-state index contributed by atoms with van der Waals surface area (Å²) in [4.78, 5) is 22.9. The molecule has 0 spiro atoms. The molecule has 1 aromatic carbocycles. The van der Waals surface area contributed by atoms with E-state index in [4.69, 9.17) is 0 Å². The fraction of sp³-hybridized carbons (Fsp3) is 0.294. The summed E-state index contributed by atoms with van der Waals surface area (Å²) in [6.45, 7) is 5.85. The molecular formula is C17H19N3OS. The molecule has 1 amide bonds. The van der Waals surface area contributed by atoms with E-state index in [-0.39, 0.29) is 11.9 Å². The zero-order valence-electron chi connectivity index (χ0n) is 13.2. The highest BCUT2D eigenvalue weighted by atomic mass is 32.1. The number of amides is 1. The fourth-order valence-corrected chi connectivity index (χ4v) is 3.50. The van der Waals surface area contributed by atoms with Crippen molar-refractivity contribution in [2.45, 2.75) is 26.8 Å². The van der Waals surface area contributed by atoms with Crippen LogP contribution in [0.5, 0.6) is 0 Å². The number of para-hydroxylation sites is 1. The molecule has 0 saturated heterocycles. The number of hydrogen-bond acceptors (Lipinski definition) is 3.